The van der Waals surface area contributed by atoms with Crippen molar-refractivity contribution >= 4 is 46.7 Å². The molecule has 0 fully saturated rings. The van der Waals surface area contributed by atoms with Crippen molar-refractivity contribution in [2.75, 3.05) is 11.9 Å². The van der Waals surface area contributed by atoms with Crippen LogP contribution < -0.4 is 10.6 Å². The summed E-state index contributed by atoms with van der Waals surface area (Å²) in [6.45, 7) is 2.97. The molecular weight excluding hydrogens is 391 g/mol. The molecule has 2 amide bonds. The van der Waals surface area contributed by atoms with Crippen LogP contribution in [-0.4, -0.2) is 30.4 Å². The topological polar surface area (TPSA) is 84.5 Å². The standard InChI is InChI=1S/C19H18Cl2N2O4/c1-11-3-6-14(7-4-11)23-18(25)12(2)27-17(24)10-22-19(26)15-8-5-13(20)9-16(15)21/h3-9,12H,10H2,1-2H3,(H,22,26)(H,23,25)/t12-/m0/s1. The number of amides is 2. The lowest BCUT2D eigenvalue weighted by Gasteiger charge is -2.14. The fourth-order valence-electron chi connectivity index (χ4n) is 2.09. The Morgan fingerprint density at radius 3 is 2.37 bits per heavy atom. The van der Waals surface area contributed by atoms with Gasteiger partial charge in [-0.3, -0.25) is 14.4 Å². The van der Waals surface area contributed by atoms with E-state index in [9.17, 15) is 14.4 Å². The summed E-state index contributed by atoms with van der Waals surface area (Å²) in [5.41, 5.74) is 1.84. The van der Waals surface area contributed by atoms with Crippen LogP contribution in [0.4, 0.5) is 5.69 Å². The predicted octanol–water partition coefficient (Wildman–Crippen LogP) is 3.60. The molecule has 0 radical (unpaired) electrons. The SMILES string of the molecule is Cc1ccc(NC(=O)[C@H](C)OC(=O)CNC(=O)c2ccc(Cl)cc2Cl)cc1. The first-order valence-corrected chi connectivity index (χ1v) is 8.82. The third-order valence-electron chi connectivity index (χ3n) is 3.57. The van der Waals surface area contributed by atoms with E-state index in [-0.39, 0.29) is 10.6 Å². The number of hydrogen-bond donors (Lipinski definition) is 2. The first-order chi connectivity index (χ1) is 12.8. The Hall–Kier alpha value is -2.57. The molecule has 1 atom stereocenters. The second-order valence-corrected chi connectivity index (χ2v) is 6.64. The fourth-order valence-corrected chi connectivity index (χ4v) is 2.59. The van der Waals surface area contributed by atoms with Crippen LogP contribution in [-0.2, 0) is 14.3 Å². The van der Waals surface area contributed by atoms with Crippen LogP contribution in [0.5, 0.6) is 0 Å². The average Bonchev–Trinajstić information content (AvgIpc) is 2.61. The summed E-state index contributed by atoms with van der Waals surface area (Å²) in [5.74, 6) is -1.77. The molecule has 6 nitrogen and oxygen atoms in total. The summed E-state index contributed by atoms with van der Waals surface area (Å²) in [4.78, 5) is 36.0. The summed E-state index contributed by atoms with van der Waals surface area (Å²) in [7, 11) is 0. The van der Waals surface area contributed by atoms with Crippen molar-refractivity contribution < 1.29 is 19.1 Å². The van der Waals surface area contributed by atoms with E-state index in [0.29, 0.717) is 10.7 Å². The molecule has 2 aromatic carbocycles. The first kappa shape index (κ1) is 20.7. The normalized spacial score (nSPS) is 11.4. The molecule has 2 rings (SSSR count). The number of benzene rings is 2. The van der Waals surface area contributed by atoms with Crippen LogP contribution in [0.15, 0.2) is 42.5 Å². The minimum atomic E-state index is -1.02. The van der Waals surface area contributed by atoms with Gasteiger partial charge in [-0.1, -0.05) is 40.9 Å². The molecule has 8 heteroatoms. The largest absolute Gasteiger partial charge is 0.451 e. The maximum absolute atomic E-state index is 12.1. The molecule has 0 aliphatic carbocycles. The Morgan fingerprint density at radius 1 is 1.07 bits per heavy atom. The molecule has 0 aliphatic heterocycles. The monoisotopic (exact) mass is 408 g/mol. The number of esters is 1. The lowest BCUT2D eigenvalue weighted by Crippen LogP contribution is -2.35. The second kappa shape index (κ2) is 9.39. The van der Waals surface area contributed by atoms with Crippen molar-refractivity contribution in [1.29, 1.82) is 0 Å². The van der Waals surface area contributed by atoms with Gasteiger partial charge in [0.15, 0.2) is 6.10 Å². The van der Waals surface area contributed by atoms with Gasteiger partial charge in [0.1, 0.15) is 6.54 Å². The highest BCUT2D eigenvalue weighted by molar-refractivity contribution is 6.36. The van der Waals surface area contributed by atoms with E-state index in [2.05, 4.69) is 10.6 Å². The highest BCUT2D eigenvalue weighted by Crippen LogP contribution is 2.20. The van der Waals surface area contributed by atoms with Gasteiger partial charge in [-0.25, -0.2) is 0 Å². The smallest absolute Gasteiger partial charge is 0.326 e. The zero-order valence-corrected chi connectivity index (χ0v) is 16.2. The molecule has 0 spiro atoms. The van der Waals surface area contributed by atoms with E-state index in [1.165, 1.54) is 25.1 Å². The Labute approximate surface area is 166 Å². The summed E-state index contributed by atoms with van der Waals surface area (Å²) >= 11 is 11.7. The van der Waals surface area contributed by atoms with Crippen LogP contribution >= 0.6 is 23.2 Å². The van der Waals surface area contributed by atoms with Gasteiger partial charge in [-0.2, -0.15) is 0 Å². The maximum atomic E-state index is 12.1. The molecule has 0 unspecified atom stereocenters. The van der Waals surface area contributed by atoms with Crippen molar-refractivity contribution in [3.63, 3.8) is 0 Å². The van der Waals surface area contributed by atoms with E-state index in [1.807, 2.05) is 19.1 Å². The summed E-state index contributed by atoms with van der Waals surface area (Å²) in [5, 5.41) is 5.59. The highest BCUT2D eigenvalue weighted by atomic mass is 35.5. The van der Waals surface area contributed by atoms with Gasteiger partial charge in [-0.15, -0.1) is 0 Å². The third kappa shape index (κ3) is 6.27. The first-order valence-electron chi connectivity index (χ1n) is 8.06. The van der Waals surface area contributed by atoms with Crippen LogP contribution in [0.2, 0.25) is 10.0 Å². The van der Waals surface area contributed by atoms with Crippen molar-refractivity contribution in [2.24, 2.45) is 0 Å². The van der Waals surface area contributed by atoms with Crippen molar-refractivity contribution in [2.45, 2.75) is 20.0 Å². The predicted molar refractivity (Wildman–Crippen MR) is 104 cm³/mol. The van der Waals surface area contributed by atoms with E-state index < -0.39 is 30.4 Å². The van der Waals surface area contributed by atoms with Gasteiger partial charge in [-0.05, 0) is 44.2 Å². The summed E-state index contributed by atoms with van der Waals surface area (Å²) in [6, 6.07) is 11.6. The Morgan fingerprint density at radius 2 is 1.74 bits per heavy atom. The number of nitrogens with one attached hydrogen (secondary N) is 2. The number of hydrogen-bond acceptors (Lipinski definition) is 4. The van der Waals surface area contributed by atoms with Crippen molar-refractivity contribution in [3.05, 3.63) is 63.6 Å². The Balaban J connectivity index is 1.82. The number of carbonyl (C=O) groups excluding carboxylic acids is 3. The number of rotatable bonds is 6. The van der Waals surface area contributed by atoms with Gasteiger partial charge in [0.05, 0.1) is 10.6 Å². The Bertz CT molecular complexity index is 853. The molecule has 142 valence electrons. The quantitative estimate of drug-likeness (QED) is 0.714. The molecule has 0 aromatic heterocycles. The van der Waals surface area contributed by atoms with Crippen LogP contribution in [0.25, 0.3) is 0 Å². The molecule has 0 saturated carbocycles. The highest BCUT2D eigenvalue weighted by Gasteiger charge is 2.19. The van der Waals surface area contributed by atoms with Crippen molar-refractivity contribution in [1.82, 2.24) is 5.32 Å². The number of halogens is 2. The van der Waals surface area contributed by atoms with E-state index in [4.69, 9.17) is 27.9 Å². The molecule has 2 N–H and O–H groups in total. The van der Waals surface area contributed by atoms with E-state index in [0.717, 1.165) is 5.56 Å². The zero-order chi connectivity index (χ0) is 20.0. The molecule has 2 aromatic rings. The van der Waals surface area contributed by atoms with Crippen LogP contribution in [0, 0.1) is 6.92 Å². The molecule has 0 saturated heterocycles. The molecule has 0 aliphatic rings. The number of ether oxygens (including phenoxy) is 1. The van der Waals surface area contributed by atoms with E-state index >= 15 is 0 Å². The minimum absolute atomic E-state index is 0.166. The minimum Gasteiger partial charge on any atom is -0.451 e. The lowest BCUT2D eigenvalue weighted by atomic mass is 10.2. The molecular formula is C19H18Cl2N2O4. The zero-order valence-electron chi connectivity index (χ0n) is 14.7. The molecule has 27 heavy (non-hydrogen) atoms. The van der Waals surface area contributed by atoms with E-state index in [1.54, 1.807) is 12.1 Å². The van der Waals surface area contributed by atoms with Gasteiger partial charge < -0.3 is 15.4 Å². The van der Waals surface area contributed by atoms with Gasteiger partial charge in [0.2, 0.25) is 0 Å². The van der Waals surface area contributed by atoms with Crippen LogP contribution in [0.1, 0.15) is 22.8 Å². The number of aryl methyl sites for hydroxylation is 1. The summed E-state index contributed by atoms with van der Waals surface area (Å²) in [6.07, 6.45) is -1.02. The average molecular weight is 409 g/mol. The molecule has 0 heterocycles. The number of carbonyl (C=O) groups is 3. The summed E-state index contributed by atoms with van der Waals surface area (Å²) < 4.78 is 5.02. The third-order valence-corrected chi connectivity index (χ3v) is 4.11. The van der Waals surface area contributed by atoms with Crippen LogP contribution in [0.3, 0.4) is 0 Å². The van der Waals surface area contributed by atoms with Gasteiger partial charge >= 0.3 is 5.97 Å². The lowest BCUT2D eigenvalue weighted by molar-refractivity contribution is -0.152. The maximum Gasteiger partial charge on any atom is 0.326 e. The second-order valence-electron chi connectivity index (χ2n) is 5.79. The van der Waals surface area contributed by atoms with Gasteiger partial charge in [0.25, 0.3) is 11.8 Å². The fraction of sp³-hybridized carbons (Fsp3) is 0.211. The Kier molecular flexibility index (Phi) is 7.21. The van der Waals surface area contributed by atoms with Gasteiger partial charge in [0, 0.05) is 10.7 Å². The molecule has 0 bridgehead atoms. The van der Waals surface area contributed by atoms with Crippen molar-refractivity contribution in [3.8, 4) is 0 Å². The number of anilines is 1.